The summed E-state index contributed by atoms with van der Waals surface area (Å²) in [5.74, 6) is 7.28. The molecule has 22 nitrogen and oxygen atoms in total. The number of benzene rings is 6. The van der Waals surface area contributed by atoms with E-state index in [1.54, 1.807) is 61.1 Å². The molecule has 0 spiro atoms. The minimum atomic E-state index is -0.629. The van der Waals surface area contributed by atoms with Gasteiger partial charge in [0.1, 0.15) is 69.0 Å². The molecule has 27 heteroatoms. The van der Waals surface area contributed by atoms with Crippen molar-refractivity contribution in [1.82, 2.24) is 69.4 Å². The molecule has 20 rings (SSSR count). The molecule has 14 heterocycles. The summed E-state index contributed by atoms with van der Waals surface area (Å²) in [6, 6.07) is 28.9. The molecule has 6 aromatic heterocycles. The number of hydrogen-bond donors (Lipinski definition) is 0. The highest BCUT2D eigenvalue weighted by molar-refractivity contribution is 6.06. The summed E-state index contributed by atoms with van der Waals surface area (Å²) >= 11 is 0. The Hall–Kier alpha value is -13.6. The number of rotatable bonds is 13. The molecular formula is C92H80F5N19O3. The number of halogens is 5. The van der Waals surface area contributed by atoms with Crippen LogP contribution in [0.25, 0.3) is 98.8 Å². The number of nitrogens with zero attached hydrogens (tertiary/aromatic N) is 19. The molecule has 8 aliphatic rings. The number of fused-ring (bicyclic) bond motifs is 9. The lowest BCUT2D eigenvalue weighted by molar-refractivity contribution is -0.128. The van der Waals surface area contributed by atoms with E-state index in [1.807, 2.05) is 83.1 Å². The molecule has 596 valence electrons. The van der Waals surface area contributed by atoms with Gasteiger partial charge in [-0.25, -0.2) is 41.9 Å². The molecular weight excluding hydrogens is 1510 g/mol. The normalized spacial score (nSPS) is 20.3. The maximum Gasteiger partial charge on any atom is 0.246 e. The first kappa shape index (κ1) is 76.7. The number of amides is 3. The highest BCUT2D eigenvalue weighted by atomic mass is 19.1. The maximum absolute atomic E-state index is 16.6. The van der Waals surface area contributed by atoms with E-state index in [4.69, 9.17) is 39.2 Å². The summed E-state index contributed by atoms with van der Waals surface area (Å²) in [4.78, 5) is 99.1. The number of terminal acetylenes is 3. The minimum absolute atomic E-state index is 0.0125. The Morgan fingerprint density at radius 2 is 0.857 bits per heavy atom. The molecule has 0 N–H and O–H groups in total. The molecule has 0 saturated carbocycles. The van der Waals surface area contributed by atoms with Crippen molar-refractivity contribution in [2.75, 3.05) is 112 Å². The van der Waals surface area contributed by atoms with Crippen LogP contribution >= 0.6 is 0 Å². The summed E-state index contributed by atoms with van der Waals surface area (Å²) in [6.07, 6.45) is 29.7. The lowest BCUT2D eigenvalue weighted by Crippen LogP contribution is -2.69. The highest BCUT2D eigenvalue weighted by Crippen LogP contribution is 2.48. The maximum atomic E-state index is 16.6. The standard InChI is InChI=1S/C32H29F2N7O.C32H30FN7O.C28H21F2N5O/c1-5-20-23(33)11-10-18-8-7-9-21(27(18)20)29-28(34)30-22(14-35-29)31(37-32(36-30)39-15-19(16-39)38(3)4)41-17-25-24(41)12-13-40(25)26(42)6-2;1-5-19-9-7-10-20-11-8-12-22(27(19)20)29-28(33)30-23(15-34-29)31(36-32(35-30)38-16-21(17-38)37(3)4)40-18-25-24(40)13-14-39(25)26(41)6-2;1-4-17-20(29)10-9-16-7-6-8-18(23(16)17)25-24(30)26-19(13-31-25)28(33-14-32-26)35-15(3)27-21(35)11-12-34(27)22(36)5-2/h1,6-11,14,19,24-25H,2,12-13,15-17H2,3-4H3;1,6-12,15,21,24-25H,2,13-14,16-18H2,3-4H3;1,5-10,13-15,21,27H,2,11-12H2,3H3/t2*24-,25-;15-,21+,27+/m110/s1. The van der Waals surface area contributed by atoms with Crippen LogP contribution in [0.15, 0.2) is 160 Å². The Bertz CT molecular complexity index is 6440. The second kappa shape index (κ2) is 30.2. The Balaban J connectivity index is 0.000000123. The van der Waals surface area contributed by atoms with Crippen LogP contribution in [0.2, 0.25) is 0 Å². The fraction of sp³-hybridized carbons (Fsp3) is 0.283. The Labute approximate surface area is 683 Å². The molecule has 7 atom stereocenters. The van der Waals surface area contributed by atoms with Crippen molar-refractivity contribution < 1.29 is 36.3 Å². The van der Waals surface area contributed by atoms with Crippen LogP contribution in [0, 0.1) is 66.1 Å². The topological polar surface area (TPSA) is 200 Å². The number of aromatic nitrogens is 9. The van der Waals surface area contributed by atoms with Crippen molar-refractivity contribution in [2.45, 2.75) is 80.6 Å². The number of carbonyl (C=O) groups excluding carboxylic acids is 3. The molecule has 0 aliphatic carbocycles. The molecule has 8 fully saturated rings. The van der Waals surface area contributed by atoms with Gasteiger partial charge in [-0.1, -0.05) is 116 Å². The van der Waals surface area contributed by atoms with Crippen molar-refractivity contribution in [3.63, 3.8) is 0 Å². The third kappa shape index (κ3) is 12.5. The summed E-state index contributed by atoms with van der Waals surface area (Å²) in [6.45, 7) is 19.0. The van der Waals surface area contributed by atoms with Gasteiger partial charge in [0.05, 0.1) is 69.6 Å². The summed E-state index contributed by atoms with van der Waals surface area (Å²) in [5, 5.41) is 5.46. The number of carbonyl (C=O) groups is 3. The molecule has 119 heavy (non-hydrogen) atoms. The molecule has 8 saturated heterocycles. The molecule has 0 bridgehead atoms. The van der Waals surface area contributed by atoms with Gasteiger partial charge in [0.25, 0.3) is 0 Å². The van der Waals surface area contributed by atoms with E-state index < -0.39 is 29.1 Å². The van der Waals surface area contributed by atoms with E-state index in [1.165, 1.54) is 36.7 Å². The van der Waals surface area contributed by atoms with Crippen LogP contribution in [0.1, 0.15) is 42.9 Å². The zero-order chi connectivity index (χ0) is 82.8. The van der Waals surface area contributed by atoms with E-state index in [-0.39, 0.29) is 105 Å². The van der Waals surface area contributed by atoms with Gasteiger partial charge in [0.15, 0.2) is 17.5 Å². The van der Waals surface area contributed by atoms with Gasteiger partial charge in [0.2, 0.25) is 29.6 Å². The predicted octanol–water partition coefficient (Wildman–Crippen LogP) is 12.0. The third-order valence-electron chi connectivity index (χ3n) is 25.2. The van der Waals surface area contributed by atoms with Crippen LogP contribution in [-0.2, 0) is 14.4 Å². The number of hydrogen-bond acceptors (Lipinski definition) is 19. The average Bonchev–Trinajstić information content (AvgIpc) is 1.69. The van der Waals surface area contributed by atoms with Gasteiger partial charge >= 0.3 is 0 Å². The average molecular weight is 1590 g/mol. The van der Waals surface area contributed by atoms with E-state index in [2.05, 4.69) is 106 Å². The third-order valence-corrected chi connectivity index (χ3v) is 25.2. The van der Waals surface area contributed by atoms with Crippen molar-refractivity contribution in [3.05, 3.63) is 206 Å². The lowest BCUT2D eigenvalue weighted by atomic mass is 9.87. The minimum Gasteiger partial charge on any atom is -0.349 e. The number of anilines is 5. The smallest absolute Gasteiger partial charge is 0.246 e. The fourth-order valence-electron chi connectivity index (χ4n) is 18.7. The van der Waals surface area contributed by atoms with Crippen LogP contribution < -0.4 is 24.5 Å². The Kier molecular flexibility index (Phi) is 19.5. The first-order valence-corrected chi connectivity index (χ1v) is 39.5. The molecule has 12 aromatic rings. The first-order valence-electron chi connectivity index (χ1n) is 39.5. The van der Waals surface area contributed by atoms with E-state index in [0.717, 1.165) is 56.2 Å². The Morgan fingerprint density at radius 1 is 0.454 bits per heavy atom. The van der Waals surface area contributed by atoms with Crippen molar-refractivity contribution in [3.8, 4) is 70.8 Å². The summed E-state index contributed by atoms with van der Waals surface area (Å²) < 4.78 is 78.4. The molecule has 6 aromatic carbocycles. The van der Waals surface area contributed by atoms with Crippen LogP contribution in [0.4, 0.5) is 51.3 Å². The monoisotopic (exact) mass is 1590 g/mol. The number of likely N-dealkylation sites (tertiary alicyclic amines) is 3. The molecule has 3 amide bonds. The van der Waals surface area contributed by atoms with Gasteiger partial charge in [-0.3, -0.25) is 29.3 Å². The summed E-state index contributed by atoms with van der Waals surface area (Å²) in [7, 11) is 8.16. The second-order valence-corrected chi connectivity index (χ2v) is 31.6. The van der Waals surface area contributed by atoms with Gasteiger partial charge in [-0.15, -0.1) is 19.3 Å². The van der Waals surface area contributed by atoms with Crippen molar-refractivity contribution in [2.24, 2.45) is 0 Å². The van der Waals surface area contributed by atoms with E-state index in [9.17, 15) is 23.2 Å². The van der Waals surface area contributed by atoms with Gasteiger partial charge < -0.3 is 49.0 Å². The second-order valence-electron chi connectivity index (χ2n) is 31.6. The first-order chi connectivity index (χ1) is 57.6. The molecule has 0 unspecified atom stereocenters. The largest absolute Gasteiger partial charge is 0.349 e. The van der Waals surface area contributed by atoms with Gasteiger partial charge in [-0.05, 0) is 107 Å². The molecule has 8 aliphatic heterocycles. The lowest BCUT2D eigenvalue weighted by Gasteiger charge is -2.53. The highest BCUT2D eigenvalue weighted by Gasteiger charge is 2.55. The van der Waals surface area contributed by atoms with E-state index in [0.29, 0.717) is 134 Å². The fourth-order valence-corrected chi connectivity index (χ4v) is 18.7. The zero-order valence-corrected chi connectivity index (χ0v) is 65.9. The zero-order valence-electron chi connectivity index (χ0n) is 65.9. The Morgan fingerprint density at radius 3 is 1.29 bits per heavy atom. The number of likely N-dealkylation sites (N-methyl/N-ethyl adjacent to an activating group) is 2. The van der Waals surface area contributed by atoms with Crippen molar-refractivity contribution >= 4 is 112 Å². The number of pyridine rings is 3. The van der Waals surface area contributed by atoms with Crippen molar-refractivity contribution in [1.29, 1.82) is 0 Å². The van der Waals surface area contributed by atoms with Crippen LogP contribution in [-0.4, -0.2) is 229 Å². The van der Waals surface area contributed by atoms with Gasteiger partial charge in [-0.2, -0.15) is 9.97 Å². The summed E-state index contributed by atoms with van der Waals surface area (Å²) in [5.41, 5.74) is 3.03. The molecule has 0 radical (unpaired) electrons. The van der Waals surface area contributed by atoms with E-state index >= 15 is 13.2 Å². The van der Waals surface area contributed by atoms with Gasteiger partial charge in [0, 0.05) is 128 Å². The SMILES string of the molecule is C#Cc1c(F)ccc2cccc(-c3ncc4c(N5C[C@@H]6[C@H]5CCN6C(=O)C=C)nc(N5CC(N(C)C)C5)nc4c3F)c12.C#Cc1c(F)ccc2cccc(-c3ncc4c(N5[C@@H]6CCN(C(=O)C=C)[C@@H]6[C@@H]5C)ncnc4c3F)c12.C#Cc1cccc2cccc(-c3ncc4c(N5C[C@@H]6[C@H]5CCN6C(=O)C=C)nc(N5CC(N(C)C)C5)nc4c3F)c12. The van der Waals surface area contributed by atoms with Crippen LogP contribution in [0.5, 0.6) is 0 Å². The van der Waals surface area contributed by atoms with Crippen LogP contribution in [0.3, 0.4) is 0 Å². The predicted molar refractivity (Wildman–Crippen MR) is 453 cm³/mol. The quantitative estimate of drug-likeness (QED) is 0.0599.